The first-order chi connectivity index (χ1) is 19.1. The first-order valence-electron chi connectivity index (χ1n) is 13.6. The standard InChI is InChI=1S/C28H32FN7O4/c1-28(2,40)23(29)16-35-15-18-12-21(32-25(37)20-14-31-36-7-3-6-30-24(20)36)22(13-19(18)27(35)39)33-8-10-34(11-9-33)26(38)17-4-5-17/h3,6-7,12-14,17,23,40H,4-5,8-11,15-16H2,1-2H3,(H,32,37)/t23-/m1/s1. The molecule has 3 amide bonds. The number of amides is 3. The number of rotatable bonds is 7. The highest BCUT2D eigenvalue weighted by molar-refractivity contribution is 6.10. The monoisotopic (exact) mass is 549 g/mol. The van der Waals surface area contributed by atoms with E-state index in [-0.39, 0.29) is 30.8 Å². The Morgan fingerprint density at radius 1 is 1.20 bits per heavy atom. The van der Waals surface area contributed by atoms with Gasteiger partial charge in [-0.1, -0.05) is 0 Å². The van der Waals surface area contributed by atoms with Crippen LogP contribution in [0.1, 0.15) is 53.0 Å². The van der Waals surface area contributed by atoms with Gasteiger partial charge in [-0.2, -0.15) is 5.10 Å². The third kappa shape index (κ3) is 4.87. The zero-order valence-electron chi connectivity index (χ0n) is 22.5. The molecule has 4 heterocycles. The highest BCUT2D eigenvalue weighted by Gasteiger charge is 2.37. The Kier molecular flexibility index (Phi) is 6.44. The molecule has 3 aromatic rings. The molecule has 6 rings (SSSR count). The number of nitrogens with zero attached hydrogens (tertiary/aromatic N) is 6. The number of alkyl halides is 1. The van der Waals surface area contributed by atoms with Crippen molar-refractivity contribution in [3.63, 3.8) is 0 Å². The van der Waals surface area contributed by atoms with Gasteiger partial charge in [0.1, 0.15) is 11.7 Å². The lowest BCUT2D eigenvalue weighted by Gasteiger charge is -2.37. The van der Waals surface area contributed by atoms with Crippen LogP contribution in [-0.2, 0) is 11.3 Å². The molecule has 2 aromatic heterocycles. The van der Waals surface area contributed by atoms with E-state index in [1.54, 1.807) is 30.6 Å². The largest absolute Gasteiger partial charge is 0.387 e. The highest BCUT2D eigenvalue weighted by Crippen LogP contribution is 2.37. The lowest BCUT2D eigenvalue weighted by atomic mass is 10.0. The third-order valence-electron chi connectivity index (χ3n) is 7.88. The molecule has 1 saturated heterocycles. The van der Waals surface area contributed by atoms with E-state index < -0.39 is 17.7 Å². The number of fused-ring (bicyclic) bond motifs is 2. The van der Waals surface area contributed by atoms with E-state index in [2.05, 4.69) is 20.3 Å². The van der Waals surface area contributed by atoms with Crippen molar-refractivity contribution < 1.29 is 23.9 Å². The molecular formula is C28H32FN7O4. The minimum atomic E-state index is -1.62. The molecule has 0 radical (unpaired) electrons. The Morgan fingerprint density at radius 3 is 2.65 bits per heavy atom. The Balaban J connectivity index is 1.29. The summed E-state index contributed by atoms with van der Waals surface area (Å²) in [4.78, 5) is 48.9. The Morgan fingerprint density at radius 2 is 1.95 bits per heavy atom. The van der Waals surface area contributed by atoms with Gasteiger partial charge < -0.3 is 25.1 Å². The van der Waals surface area contributed by atoms with Crippen LogP contribution in [-0.4, -0.2) is 91.7 Å². The minimum Gasteiger partial charge on any atom is -0.387 e. The van der Waals surface area contributed by atoms with Gasteiger partial charge in [0, 0.05) is 56.6 Å². The van der Waals surface area contributed by atoms with Crippen LogP contribution in [0.5, 0.6) is 0 Å². The van der Waals surface area contributed by atoms with Crippen molar-refractivity contribution in [2.45, 2.75) is 45.0 Å². The van der Waals surface area contributed by atoms with Crippen LogP contribution >= 0.6 is 0 Å². The van der Waals surface area contributed by atoms with E-state index in [0.29, 0.717) is 59.9 Å². The molecule has 2 fully saturated rings. The summed E-state index contributed by atoms with van der Waals surface area (Å²) in [5.41, 5.74) is 1.39. The van der Waals surface area contributed by atoms with Crippen LogP contribution in [0.25, 0.3) is 5.65 Å². The molecule has 40 heavy (non-hydrogen) atoms. The fraction of sp³-hybridized carbons (Fsp3) is 0.464. The number of anilines is 2. The van der Waals surface area contributed by atoms with Crippen molar-refractivity contribution in [1.29, 1.82) is 0 Å². The molecule has 0 spiro atoms. The normalized spacial score (nSPS) is 18.3. The van der Waals surface area contributed by atoms with E-state index >= 15 is 0 Å². The van der Waals surface area contributed by atoms with Gasteiger partial charge in [0.25, 0.3) is 11.8 Å². The number of halogens is 1. The van der Waals surface area contributed by atoms with Crippen molar-refractivity contribution in [2.24, 2.45) is 5.92 Å². The summed E-state index contributed by atoms with van der Waals surface area (Å²) in [7, 11) is 0. The van der Waals surface area contributed by atoms with E-state index in [1.165, 1.54) is 29.5 Å². The fourth-order valence-electron chi connectivity index (χ4n) is 5.27. The summed E-state index contributed by atoms with van der Waals surface area (Å²) in [5, 5.41) is 17.3. The number of benzene rings is 1. The van der Waals surface area contributed by atoms with Gasteiger partial charge in [-0.3, -0.25) is 14.4 Å². The zero-order valence-corrected chi connectivity index (χ0v) is 22.5. The molecule has 12 heteroatoms. The van der Waals surface area contributed by atoms with Gasteiger partial charge in [0.15, 0.2) is 5.65 Å². The lowest BCUT2D eigenvalue weighted by Crippen LogP contribution is -2.49. The molecule has 11 nitrogen and oxygen atoms in total. The summed E-state index contributed by atoms with van der Waals surface area (Å²) < 4.78 is 16.2. The number of carbonyl (C=O) groups is 3. The maximum Gasteiger partial charge on any atom is 0.261 e. The molecule has 1 atom stereocenters. The fourth-order valence-corrected chi connectivity index (χ4v) is 5.27. The van der Waals surface area contributed by atoms with Crippen molar-refractivity contribution in [1.82, 2.24) is 24.4 Å². The quantitative estimate of drug-likeness (QED) is 0.463. The van der Waals surface area contributed by atoms with Gasteiger partial charge in [0.2, 0.25) is 5.91 Å². The Bertz CT molecular complexity index is 1490. The summed E-state index contributed by atoms with van der Waals surface area (Å²) in [5.74, 6) is -0.381. The first kappa shape index (κ1) is 26.2. The Labute approximate surface area is 230 Å². The predicted molar refractivity (Wildman–Crippen MR) is 145 cm³/mol. The number of hydrogen-bond donors (Lipinski definition) is 2. The van der Waals surface area contributed by atoms with E-state index in [1.807, 2.05) is 4.90 Å². The molecule has 3 aliphatic rings. The topological polar surface area (TPSA) is 123 Å². The van der Waals surface area contributed by atoms with E-state index in [0.717, 1.165) is 12.8 Å². The predicted octanol–water partition coefficient (Wildman–Crippen LogP) is 2.10. The molecule has 210 valence electrons. The summed E-state index contributed by atoms with van der Waals surface area (Å²) >= 11 is 0. The van der Waals surface area contributed by atoms with Gasteiger partial charge in [-0.05, 0) is 50.5 Å². The lowest BCUT2D eigenvalue weighted by molar-refractivity contribution is -0.132. The van der Waals surface area contributed by atoms with Crippen LogP contribution in [0.4, 0.5) is 15.8 Å². The van der Waals surface area contributed by atoms with Crippen LogP contribution in [0.3, 0.4) is 0 Å². The van der Waals surface area contributed by atoms with Gasteiger partial charge >= 0.3 is 0 Å². The number of piperazine rings is 1. The highest BCUT2D eigenvalue weighted by atomic mass is 19.1. The number of aromatic nitrogens is 3. The van der Waals surface area contributed by atoms with Crippen LogP contribution in [0.15, 0.2) is 36.8 Å². The van der Waals surface area contributed by atoms with Crippen molar-refractivity contribution in [2.75, 3.05) is 42.9 Å². The molecule has 1 aromatic carbocycles. The maximum atomic E-state index is 14.7. The average Bonchev–Trinajstić information content (AvgIpc) is 3.62. The van der Waals surface area contributed by atoms with Crippen molar-refractivity contribution in [3.8, 4) is 0 Å². The second-order valence-corrected chi connectivity index (χ2v) is 11.3. The number of hydrogen-bond acceptors (Lipinski definition) is 7. The average molecular weight is 550 g/mol. The van der Waals surface area contributed by atoms with Crippen LogP contribution in [0.2, 0.25) is 0 Å². The maximum absolute atomic E-state index is 14.7. The van der Waals surface area contributed by atoms with Gasteiger partial charge in [-0.25, -0.2) is 13.9 Å². The van der Waals surface area contributed by atoms with Crippen molar-refractivity contribution >= 4 is 34.7 Å². The molecule has 1 saturated carbocycles. The molecule has 2 N–H and O–H groups in total. The summed E-state index contributed by atoms with van der Waals surface area (Å²) in [6.45, 7) is 4.85. The number of carbonyl (C=O) groups excluding carboxylic acids is 3. The summed E-state index contributed by atoms with van der Waals surface area (Å²) in [6.07, 6.45) is 5.02. The minimum absolute atomic E-state index is 0.146. The van der Waals surface area contributed by atoms with Crippen molar-refractivity contribution in [3.05, 3.63) is 53.5 Å². The van der Waals surface area contributed by atoms with E-state index in [4.69, 9.17) is 0 Å². The first-order valence-corrected chi connectivity index (χ1v) is 13.6. The molecule has 0 unspecified atom stereocenters. The third-order valence-corrected chi connectivity index (χ3v) is 7.88. The second-order valence-electron chi connectivity index (χ2n) is 11.3. The van der Waals surface area contributed by atoms with E-state index in [9.17, 15) is 23.9 Å². The Hall–Kier alpha value is -4.06. The zero-order chi connectivity index (χ0) is 28.2. The smallest absolute Gasteiger partial charge is 0.261 e. The SMILES string of the molecule is CC(C)(O)[C@H](F)CN1Cc2cc(NC(=O)c3cnn4cccnc34)c(N3CCN(C(=O)C4CC4)CC3)cc2C1=O. The second kappa shape index (κ2) is 9.84. The molecule has 1 aliphatic carbocycles. The van der Waals surface area contributed by atoms with Crippen LogP contribution < -0.4 is 10.2 Å². The summed E-state index contributed by atoms with van der Waals surface area (Å²) in [6, 6.07) is 5.23. The number of aliphatic hydroxyl groups is 1. The molecule has 0 bridgehead atoms. The molecular weight excluding hydrogens is 517 g/mol. The van der Waals surface area contributed by atoms with Gasteiger partial charge in [-0.15, -0.1) is 0 Å². The molecule has 2 aliphatic heterocycles. The van der Waals surface area contributed by atoms with Crippen LogP contribution in [0, 0.1) is 5.92 Å². The number of nitrogens with one attached hydrogen (secondary N) is 1. The van der Waals surface area contributed by atoms with Gasteiger partial charge in [0.05, 0.1) is 29.7 Å².